The summed E-state index contributed by atoms with van der Waals surface area (Å²) < 4.78 is 0. The van der Waals surface area contributed by atoms with E-state index >= 15 is 0 Å². The van der Waals surface area contributed by atoms with Gasteiger partial charge in [0, 0.05) is 28.9 Å². The molecule has 0 saturated heterocycles. The SMILES string of the molecule is Cc1ccccc1-c1cccnc1C(Cc1ccccc1)NC(=O)Cc1c[nH]c2ccc(O)cc12. The molecule has 5 aromatic rings. The fourth-order valence-electron chi connectivity index (χ4n) is 4.59. The molecule has 0 fully saturated rings. The maximum Gasteiger partial charge on any atom is 0.225 e. The molecule has 5 rings (SSSR count). The molecule has 3 aromatic carbocycles. The number of phenolic OH excluding ortho intramolecular Hbond substituents is 1. The Balaban J connectivity index is 1.48. The quantitative estimate of drug-likeness (QED) is 0.283. The molecule has 5 heteroatoms. The monoisotopic (exact) mass is 461 g/mol. The number of pyridine rings is 1. The fourth-order valence-corrected chi connectivity index (χ4v) is 4.59. The molecule has 1 unspecified atom stereocenters. The summed E-state index contributed by atoms with van der Waals surface area (Å²) >= 11 is 0. The van der Waals surface area contributed by atoms with Crippen molar-refractivity contribution in [3.8, 4) is 16.9 Å². The van der Waals surface area contributed by atoms with Gasteiger partial charge in [-0.1, -0.05) is 60.7 Å². The van der Waals surface area contributed by atoms with E-state index in [1.165, 1.54) is 0 Å². The van der Waals surface area contributed by atoms with Crippen LogP contribution in [0.2, 0.25) is 0 Å². The van der Waals surface area contributed by atoms with Crippen molar-refractivity contribution >= 4 is 16.8 Å². The molecule has 0 spiro atoms. The molecule has 3 N–H and O–H groups in total. The molecule has 2 aromatic heterocycles. The van der Waals surface area contributed by atoms with Crippen LogP contribution in [0.3, 0.4) is 0 Å². The number of aromatic nitrogens is 2. The lowest BCUT2D eigenvalue weighted by atomic mass is 9.93. The largest absolute Gasteiger partial charge is 0.508 e. The minimum absolute atomic E-state index is 0.100. The van der Waals surface area contributed by atoms with E-state index in [0.29, 0.717) is 6.42 Å². The number of rotatable bonds is 7. The molecule has 0 saturated carbocycles. The average molecular weight is 462 g/mol. The molecule has 174 valence electrons. The third-order valence-electron chi connectivity index (χ3n) is 6.32. The highest BCUT2D eigenvalue weighted by atomic mass is 16.3. The Morgan fingerprint density at radius 3 is 2.57 bits per heavy atom. The highest BCUT2D eigenvalue weighted by molar-refractivity contribution is 5.90. The van der Waals surface area contributed by atoms with E-state index < -0.39 is 0 Å². The number of benzene rings is 3. The summed E-state index contributed by atoms with van der Waals surface area (Å²) in [4.78, 5) is 21.2. The van der Waals surface area contributed by atoms with E-state index in [1.54, 1.807) is 18.3 Å². The number of hydrogen-bond acceptors (Lipinski definition) is 3. The number of aryl methyl sites for hydroxylation is 1. The van der Waals surface area contributed by atoms with Crippen molar-refractivity contribution in [2.24, 2.45) is 0 Å². The first kappa shape index (κ1) is 22.4. The number of aromatic hydroxyl groups is 1. The third-order valence-corrected chi connectivity index (χ3v) is 6.32. The van der Waals surface area contributed by atoms with Gasteiger partial charge in [-0.3, -0.25) is 9.78 Å². The highest BCUT2D eigenvalue weighted by Crippen LogP contribution is 2.31. The minimum Gasteiger partial charge on any atom is -0.508 e. The number of carbonyl (C=O) groups excluding carboxylic acids is 1. The van der Waals surface area contributed by atoms with Gasteiger partial charge in [-0.2, -0.15) is 0 Å². The Kier molecular flexibility index (Phi) is 6.31. The van der Waals surface area contributed by atoms with Crippen molar-refractivity contribution < 1.29 is 9.90 Å². The number of amides is 1. The molecule has 0 radical (unpaired) electrons. The van der Waals surface area contributed by atoms with Gasteiger partial charge in [-0.25, -0.2) is 0 Å². The normalized spacial score (nSPS) is 11.9. The van der Waals surface area contributed by atoms with Crippen molar-refractivity contribution in [2.45, 2.75) is 25.8 Å². The van der Waals surface area contributed by atoms with E-state index in [4.69, 9.17) is 4.98 Å². The van der Waals surface area contributed by atoms with Crippen LogP contribution in [0, 0.1) is 6.92 Å². The zero-order valence-corrected chi connectivity index (χ0v) is 19.5. The van der Waals surface area contributed by atoms with Crippen LogP contribution in [-0.2, 0) is 17.6 Å². The van der Waals surface area contributed by atoms with Crippen molar-refractivity contribution in [1.29, 1.82) is 0 Å². The standard InChI is InChI=1S/C30H27N3O2/c1-20-8-5-6-11-24(20)25-12-7-15-31-30(25)28(16-21-9-3-2-4-10-21)33-29(35)17-22-19-32-27-14-13-23(34)18-26(22)27/h2-15,18-19,28,32,34H,16-17H2,1H3,(H,33,35). The Labute approximate surface area is 204 Å². The number of nitrogens with zero attached hydrogens (tertiary/aromatic N) is 1. The van der Waals surface area contributed by atoms with E-state index in [2.05, 4.69) is 47.6 Å². The van der Waals surface area contributed by atoms with E-state index in [-0.39, 0.29) is 24.1 Å². The number of carbonyl (C=O) groups is 1. The van der Waals surface area contributed by atoms with Gasteiger partial charge >= 0.3 is 0 Å². The van der Waals surface area contributed by atoms with Crippen molar-refractivity contribution in [3.05, 3.63) is 120 Å². The summed E-state index contributed by atoms with van der Waals surface area (Å²) in [6.07, 6.45) is 4.43. The van der Waals surface area contributed by atoms with Crippen LogP contribution in [-0.4, -0.2) is 21.0 Å². The zero-order valence-electron chi connectivity index (χ0n) is 19.5. The Bertz CT molecular complexity index is 1470. The first-order valence-electron chi connectivity index (χ1n) is 11.7. The number of hydrogen-bond donors (Lipinski definition) is 3. The highest BCUT2D eigenvalue weighted by Gasteiger charge is 2.22. The van der Waals surface area contributed by atoms with Gasteiger partial charge in [0.1, 0.15) is 5.75 Å². The van der Waals surface area contributed by atoms with Gasteiger partial charge in [0.2, 0.25) is 5.91 Å². The third kappa shape index (κ3) is 4.94. The van der Waals surface area contributed by atoms with Gasteiger partial charge in [0.15, 0.2) is 0 Å². The van der Waals surface area contributed by atoms with Crippen LogP contribution in [0.15, 0.2) is 97.3 Å². The molecular formula is C30H27N3O2. The lowest BCUT2D eigenvalue weighted by Crippen LogP contribution is -2.32. The second-order valence-electron chi connectivity index (χ2n) is 8.78. The average Bonchev–Trinajstić information content (AvgIpc) is 3.26. The maximum atomic E-state index is 13.3. The van der Waals surface area contributed by atoms with E-state index in [0.717, 1.165) is 44.4 Å². The predicted molar refractivity (Wildman–Crippen MR) is 139 cm³/mol. The van der Waals surface area contributed by atoms with Crippen LogP contribution in [0.5, 0.6) is 5.75 Å². The maximum absolute atomic E-state index is 13.3. The Morgan fingerprint density at radius 2 is 1.74 bits per heavy atom. The minimum atomic E-state index is -0.306. The van der Waals surface area contributed by atoms with E-state index in [9.17, 15) is 9.90 Å². The van der Waals surface area contributed by atoms with Gasteiger partial charge in [0.25, 0.3) is 0 Å². The van der Waals surface area contributed by atoms with Crippen LogP contribution in [0.4, 0.5) is 0 Å². The van der Waals surface area contributed by atoms with Gasteiger partial charge in [-0.15, -0.1) is 0 Å². The van der Waals surface area contributed by atoms with Crippen LogP contribution in [0.25, 0.3) is 22.0 Å². The molecular weight excluding hydrogens is 434 g/mol. The molecule has 0 aliphatic carbocycles. The number of nitrogens with one attached hydrogen (secondary N) is 2. The van der Waals surface area contributed by atoms with Crippen molar-refractivity contribution in [2.75, 3.05) is 0 Å². The lowest BCUT2D eigenvalue weighted by Gasteiger charge is -2.22. The summed E-state index contributed by atoms with van der Waals surface area (Å²) in [6.45, 7) is 2.09. The molecule has 5 nitrogen and oxygen atoms in total. The summed E-state index contributed by atoms with van der Waals surface area (Å²) in [7, 11) is 0. The van der Waals surface area contributed by atoms with Crippen molar-refractivity contribution in [1.82, 2.24) is 15.3 Å². The Hall–Kier alpha value is -4.38. The first-order valence-corrected chi connectivity index (χ1v) is 11.7. The first-order chi connectivity index (χ1) is 17.1. The van der Waals surface area contributed by atoms with Crippen molar-refractivity contribution in [3.63, 3.8) is 0 Å². The summed E-state index contributed by atoms with van der Waals surface area (Å²) in [5.41, 5.74) is 6.97. The second kappa shape index (κ2) is 9.85. The number of aromatic amines is 1. The number of H-pyrrole nitrogens is 1. The molecule has 1 atom stereocenters. The molecule has 35 heavy (non-hydrogen) atoms. The number of phenols is 1. The molecule has 2 heterocycles. The van der Waals surface area contributed by atoms with Crippen LogP contribution >= 0.6 is 0 Å². The van der Waals surface area contributed by atoms with Gasteiger partial charge in [-0.05, 0) is 59.9 Å². The zero-order chi connectivity index (χ0) is 24.2. The Morgan fingerprint density at radius 1 is 0.971 bits per heavy atom. The topological polar surface area (TPSA) is 78.0 Å². The van der Waals surface area contributed by atoms with Gasteiger partial charge in [0.05, 0.1) is 18.2 Å². The van der Waals surface area contributed by atoms with Crippen LogP contribution < -0.4 is 5.32 Å². The molecule has 1 amide bonds. The van der Waals surface area contributed by atoms with E-state index in [1.807, 2.05) is 48.7 Å². The fraction of sp³-hybridized carbons (Fsp3) is 0.133. The predicted octanol–water partition coefficient (Wildman–Crippen LogP) is 5.89. The molecule has 0 bridgehead atoms. The second-order valence-corrected chi connectivity index (χ2v) is 8.78. The smallest absolute Gasteiger partial charge is 0.225 e. The van der Waals surface area contributed by atoms with Crippen LogP contribution in [0.1, 0.15) is 28.4 Å². The summed E-state index contributed by atoms with van der Waals surface area (Å²) in [5, 5.41) is 14.0. The summed E-state index contributed by atoms with van der Waals surface area (Å²) in [6, 6.07) is 27.2. The van der Waals surface area contributed by atoms with Gasteiger partial charge < -0.3 is 15.4 Å². The summed E-state index contributed by atoms with van der Waals surface area (Å²) in [5.74, 6) is 0.0774. The number of fused-ring (bicyclic) bond motifs is 1. The molecule has 0 aliphatic rings. The molecule has 0 aliphatic heterocycles. The lowest BCUT2D eigenvalue weighted by molar-refractivity contribution is -0.121.